The van der Waals surface area contributed by atoms with Gasteiger partial charge in [-0.3, -0.25) is 9.63 Å². The van der Waals surface area contributed by atoms with Crippen LogP contribution < -0.4 is 5.48 Å². The molecule has 0 atom stereocenters. The number of benzene rings is 1. The Labute approximate surface area is 88.0 Å². The molecule has 3 nitrogen and oxygen atoms in total. The van der Waals surface area contributed by atoms with Gasteiger partial charge >= 0.3 is 0 Å². The summed E-state index contributed by atoms with van der Waals surface area (Å²) in [6.45, 7) is 3.65. The molecule has 76 valence electrons. The van der Waals surface area contributed by atoms with Crippen LogP contribution in [0, 0.1) is 0 Å². The Morgan fingerprint density at radius 1 is 1.43 bits per heavy atom. The lowest BCUT2D eigenvalue weighted by Gasteiger charge is -2.08. The third kappa shape index (κ3) is 3.01. The topological polar surface area (TPSA) is 38.3 Å². The van der Waals surface area contributed by atoms with Crippen molar-refractivity contribution < 1.29 is 9.63 Å². The number of rotatable bonds is 3. The largest absolute Gasteiger partial charge is 0.276 e. The molecule has 0 bridgehead atoms. The smallest absolute Gasteiger partial charge is 0.271 e. The third-order valence-electron chi connectivity index (χ3n) is 1.51. The summed E-state index contributed by atoms with van der Waals surface area (Å²) in [5, 5.41) is 0.414. The van der Waals surface area contributed by atoms with Gasteiger partial charge in [0.2, 0.25) is 0 Å². The molecule has 14 heavy (non-hydrogen) atoms. The molecule has 0 spiro atoms. The van der Waals surface area contributed by atoms with E-state index < -0.39 is 0 Å². The maximum Gasteiger partial charge on any atom is 0.276 e. The molecule has 4 heteroatoms. The first-order valence-corrected chi connectivity index (χ1v) is 4.69. The minimum Gasteiger partial charge on any atom is -0.271 e. The van der Waals surface area contributed by atoms with Gasteiger partial charge in [0.1, 0.15) is 0 Å². The number of hydrogen-bond donors (Lipinski definition) is 1. The van der Waals surface area contributed by atoms with Crippen molar-refractivity contribution in [3.05, 3.63) is 34.9 Å². The number of amides is 1. The molecule has 1 rings (SSSR count). The molecule has 0 fully saturated rings. The van der Waals surface area contributed by atoms with Gasteiger partial charge in [0, 0.05) is 0 Å². The van der Waals surface area contributed by atoms with Crippen LogP contribution in [0.15, 0.2) is 24.3 Å². The van der Waals surface area contributed by atoms with Crippen molar-refractivity contribution in [2.24, 2.45) is 0 Å². The molecule has 0 saturated carbocycles. The van der Waals surface area contributed by atoms with E-state index in [0.29, 0.717) is 10.6 Å². The Kier molecular flexibility index (Phi) is 3.92. The normalized spacial score (nSPS) is 10.3. The van der Waals surface area contributed by atoms with Crippen LogP contribution in [-0.2, 0) is 4.84 Å². The van der Waals surface area contributed by atoms with E-state index in [-0.39, 0.29) is 12.0 Å². The van der Waals surface area contributed by atoms with E-state index in [1.165, 1.54) is 0 Å². The fourth-order valence-corrected chi connectivity index (χ4v) is 1.09. The molecule has 0 aliphatic carbocycles. The van der Waals surface area contributed by atoms with Gasteiger partial charge in [-0.1, -0.05) is 23.7 Å². The van der Waals surface area contributed by atoms with E-state index in [2.05, 4.69) is 5.48 Å². The third-order valence-corrected chi connectivity index (χ3v) is 1.84. The highest BCUT2D eigenvalue weighted by molar-refractivity contribution is 6.33. The van der Waals surface area contributed by atoms with Crippen molar-refractivity contribution in [1.29, 1.82) is 0 Å². The molecule has 0 heterocycles. The van der Waals surface area contributed by atoms with Gasteiger partial charge in [-0.25, -0.2) is 5.48 Å². The molecule has 1 aromatic rings. The molecular formula is C10H12ClNO2. The first-order valence-electron chi connectivity index (χ1n) is 4.31. The highest BCUT2D eigenvalue weighted by atomic mass is 35.5. The quantitative estimate of drug-likeness (QED) is 0.784. The zero-order valence-electron chi connectivity index (χ0n) is 8.08. The Morgan fingerprint density at radius 2 is 2.07 bits per heavy atom. The molecule has 1 amide bonds. The number of hydroxylamine groups is 1. The van der Waals surface area contributed by atoms with Crippen LogP contribution in [0.25, 0.3) is 0 Å². The molecule has 0 radical (unpaired) electrons. The lowest BCUT2D eigenvalue weighted by molar-refractivity contribution is 0.000198. The van der Waals surface area contributed by atoms with Gasteiger partial charge in [0.15, 0.2) is 0 Å². The molecule has 1 N–H and O–H groups in total. The second kappa shape index (κ2) is 4.98. The zero-order valence-corrected chi connectivity index (χ0v) is 8.84. The van der Waals surface area contributed by atoms with Gasteiger partial charge in [0.25, 0.3) is 5.91 Å². The summed E-state index contributed by atoms with van der Waals surface area (Å²) < 4.78 is 0. The second-order valence-corrected chi connectivity index (χ2v) is 3.48. The van der Waals surface area contributed by atoms with Crippen LogP contribution in [0.5, 0.6) is 0 Å². The van der Waals surface area contributed by atoms with Crippen molar-refractivity contribution in [1.82, 2.24) is 5.48 Å². The van der Waals surface area contributed by atoms with Crippen LogP contribution in [-0.4, -0.2) is 12.0 Å². The van der Waals surface area contributed by atoms with Gasteiger partial charge in [0.05, 0.1) is 16.7 Å². The van der Waals surface area contributed by atoms with Gasteiger partial charge in [-0.05, 0) is 26.0 Å². The summed E-state index contributed by atoms with van der Waals surface area (Å²) in [4.78, 5) is 16.4. The summed E-state index contributed by atoms with van der Waals surface area (Å²) in [6.07, 6.45) is -0.0542. The van der Waals surface area contributed by atoms with Gasteiger partial charge in [-0.2, -0.15) is 0 Å². The first-order chi connectivity index (χ1) is 6.61. The number of carbonyl (C=O) groups excluding carboxylic acids is 1. The Hall–Kier alpha value is -1.06. The van der Waals surface area contributed by atoms with Crippen LogP contribution in [0.4, 0.5) is 0 Å². The fraction of sp³-hybridized carbons (Fsp3) is 0.300. The van der Waals surface area contributed by atoms with E-state index >= 15 is 0 Å². The van der Waals surface area contributed by atoms with Gasteiger partial charge in [-0.15, -0.1) is 0 Å². The van der Waals surface area contributed by atoms with Gasteiger partial charge < -0.3 is 0 Å². The second-order valence-electron chi connectivity index (χ2n) is 3.08. The minimum absolute atomic E-state index is 0.0542. The van der Waals surface area contributed by atoms with Crippen LogP contribution in [0.3, 0.4) is 0 Å². The molecule has 0 aliphatic rings. The van der Waals surface area contributed by atoms with E-state index in [1.807, 2.05) is 13.8 Å². The molecular weight excluding hydrogens is 202 g/mol. The molecule has 0 aromatic heterocycles. The van der Waals surface area contributed by atoms with E-state index in [9.17, 15) is 4.79 Å². The van der Waals surface area contributed by atoms with Crippen molar-refractivity contribution >= 4 is 17.5 Å². The van der Waals surface area contributed by atoms with Crippen molar-refractivity contribution in [3.8, 4) is 0 Å². The summed E-state index contributed by atoms with van der Waals surface area (Å²) in [5.74, 6) is -0.329. The average Bonchev–Trinajstić information content (AvgIpc) is 2.15. The van der Waals surface area contributed by atoms with E-state index in [1.54, 1.807) is 24.3 Å². The Morgan fingerprint density at radius 3 is 2.64 bits per heavy atom. The predicted molar refractivity (Wildman–Crippen MR) is 55.1 cm³/mol. The van der Waals surface area contributed by atoms with Crippen molar-refractivity contribution in [2.45, 2.75) is 20.0 Å². The summed E-state index contributed by atoms with van der Waals surface area (Å²) in [6, 6.07) is 6.81. The molecule has 0 saturated heterocycles. The highest BCUT2D eigenvalue weighted by Gasteiger charge is 2.09. The molecule has 0 aliphatic heterocycles. The van der Waals surface area contributed by atoms with E-state index in [4.69, 9.17) is 16.4 Å². The standard InChI is InChI=1S/C10H12ClNO2/c1-7(2)14-12-10(13)8-5-3-4-6-9(8)11/h3-7H,1-2H3,(H,12,13). The Balaban J connectivity index is 2.65. The summed E-state index contributed by atoms with van der Waals surface area (Å²) >= 11 is 5.82. The summed E-state index contributed by atoms with van der Waals surface area (Å²) in [7, 11) is 0. The number of halogens is 1. The average molecular weight is 214 g/mol. The highest BCUT2D eigenvalue weighted by Crippen LogP contribution is 2.14. The number of carbonyl (C=O) groups is 1. The maximum atomic E-state index is 11.4. The lowest BCUT2D eigenvalue weighted by atomic mass is 10.2. The summed E-state index contributed by atoms with van der Waals surface area (Å²) in [5.41, 5.74) is 2.73. The molecule has 1 aromatic carbocycles. The SMILES string of the molecule is CC(C)ONC(=O)c1ccccc1Cl. The van der Waals surface area contributed by atoms with Crippen molar-refractivity contribution in [3.63, 3.8) is 0 Å². The van der Waals surface area contributed by atoms with Crippen LogP contribution >= 0.6 is 11.6 Å². The lowest BCUT2D eigenvalue weighted by Crippen LogP contribution is -2.27. The van der Waals surface area contributed by atoms with E-state index in [0.717, 1.165) is 0 Å². The number of nitrogens with one attached hydrogen (secondary N) is 1. The minimum atomic E-state index is -0.329. The van der Waals surface area contributed by atoms with Crippen LogP contribution in [0.2, 0.25) is 5.02 Å². The van der Waals surface area contributed by atoms with Crippen LogP contribution in [0.1, 0.15) is 24.2 Å². The van der Waals surface area contributed by atoms with Crippen molar-refractivity contribution in [2.75, 3.05) is 0 Å². The number of hydrogen-bond acceptors (Lipinski definition) is 2. The monoisotopic (exact) mass is 213 g/mol. The molecule has 0 unspecified atom stereocenters. The fourth-order valence-electron chi connectivity index (χ4n) is 0.872. The Bertz CT molecular complexity index is 326. The predicted octanol–water partition coefficient (Wildman–Crippen LogP) is 2.41. The maximum absolute atomic E-state index is 11.4. The first kappa shape index (κ1) is 11.0. The zero-order chi connectivity index (χ0) is 10.6.